The van der Waals surface area contributed by atoms with Crippen LogP contribution in [0, 0.1) is 0 Å². The van der Waals surface area contributed by atoms with Crippen LogP contribution in [0.3, 0.4) is 0 Å². The average Bonchev–Trinajstić information content (AvgIpc) is 2.52. The van der Waals surface area contributed by atoms with Crippen molar-refractivity contribution in [2.45, 2.75) is 25.1 Å². The third-order valence-corrected chi connectivity index (χ3v) is 4.05. The van der Waals surface area contributed by atoms with Crippen molar-refractivity contribution in [3.8, 4) is 0 Å². The first-order valence-electron chi connectivity index (χ1n) is 7.22. The van der Waals surface area contributed by atoms with Crippen LogP contribution in [-0.2, 0) is 17.4 Å². The first-order valence-corrected chi connectivity index (χ1v) is 7.22. The number of benzene rings is 2. The molecule has 0 fully saturated rings. The Balaban J connectivity index is 2.22. The number of primary amides is 1. The van der Waals surface area contributed by atoms with Gasteiger partial charge in [-0.05, 0) is 36.6 Å². The number of carbonyl (C=O) groups is 1. The molecule has 0 aliphatic carbocycles. The lowest BCUT2D eigenvalue weighted by molar-refractivity contribution is -0.137. The average molecular weight is 320 g/mol. The minimum atomic E-state index is -4.51. The van der Waals surface area contributed by atoms with E-state index in [1.165, 1.54) is 23.1 Å². The summed E-state index contributed by atoms with van der Waals surface area (Å²) in [5.41, 5.74) is 6.13. The van der Waals surface area contributed by atoms with E-state index in [0.717, 1.165) is 11.6 Å². The smallest absolute Gasteiger partial charge is 0.368 e. The Kier molecular flexibility index (Phi) is 3.75. The summed E-state index contributed by atoms with van der Waals surface area (Å²) in [6.07, 6.45) is -3.52. The van der Waals surface area contributed by atoms with Gasteiger partial charge in [0, 0.05) is 5.69 Å². The molecule has 0 saturated carbocycles. The van der Waals surface area contributed by atoms with Crippen molar-refractivity contribution < 1.29 is 18.0 Å². The zero-order valence-electron chi connectivity index (χ0n) is 12.2. The molecule has 1 unspecified atom stereocenters. The molecule has 2 aromatic rings. The van der Waals surface area contributed by atoms with Crippen molar-refractivity contribution in [2.75, 3.05) is 4.90 Å². The van der Waals surface area contributed by atoms with Crippen LogP contribution < -0.4 is 10.6 Å². The lowest BCUT2D eigenvalue weighted by atomic mass is 9.93. The van der Waals surface area contributed by atoms with Gasteiger partial charge >= 0.3 is 6.18 Å². The summed E-state index contributed by atoms with van der Waals surface area (Å²) < 4.78 is 40.1. The van der Waals surface area contributed by atoms with Gasteiger partial charge in [-0.25, -0.2) is 0 Å². The van der Waals surface area contributed by atoms with Crippen LogP contribution in [0.2, 0.25) is 0 Å². The summed E-state index contributed by atoms with van der Waals surface area (Å²) in [5.74, 6) is -0.628. The fraction of sp³-hybridized carbons (Fsp3) is 0.235. The maximum absolute atomic E-state index is 13.4. The summed E-state index contributed by atoms with van der Waals surface area (Å²) in [4.78, 5) is 13.2. The predicted octanol–water partition coefficient (Wildman–Crippen LogP) is 3.64. The number of halogens is 3. The molecule has 6 heteroatoms. The van der Waals surface area contributed by atoms with Crippen LogP contribution >= 0.6 is 0 Å². The van der Waals surface area contributed by atoms with Crippen LogP contribution in [-0.4, -0.2) is 11.9 Å². The van der Waals surface area contributed by atoms with E-state index in [9.17, 15) is 18.0 Å². The summed E-state index contributed by atoms with van der Waals surface area (Å²) >= 11 is 0. The van der Waals surface area contributed by atoms with Gasteiger partial charge in [0.1, 0.15) is 6.04 Å². The highest BCUT2D eigenvalue weighted by atomic mass is 19.4. The second-order valence-electron chi connectivity index (χ2n) is 5.47. The molecule has 0 aromatic heterocycles. The number of alkyl halides is 3. The first kappa shape index (κ1) is 15.4. The third-order valence-electron chi connectivity index (χ3n) is 4.05. The number of fused-ring (bicyclic) bond motifs is 1. The maximum atomic E-state index is 13.4. The van der Waals surface area contributed by atoms with Gasteiger partial charge in [-0.3, -0.25) is 4.79 Å². The monoisotopic (exact) mass is 320 g/mol. The molecule has 23 heavy (non-hydrogen) atoms. The van der Waals surface area contributed by atoms with Crippen molar-refractivity contribution in [3.63, 3.8) is 0 Å². The van der Waals surface area contributed by atoms with E-state index >= 15 is 0 Å². The molecule has 2 aromatic carbocycles. The summed E-state index contributed by atoms with van der Waals surface area (Å²) in [7, 11) is 0. The van der Waals surface area contributed by atoms with E-state index in [1.54, 1.807) is 12.1 Å². The highest BCUT2D eigenvalue weighted by Gasteiger charge is 2.39. The molecule has 3 nitrogen and oxygen atoms in total. The Morgan fingerprint density at radius 3 is 2.30 bits per heavy atom. The van der Waals surface area contributed by atoms with Crippen molar-refractivity contribution in [2.24, 2.45) is 5.73 Å². The zero-order chi connectivity index (χ0) is 16.6. The molecule has 2 N–H and O–H groups in total. The normalized spacial score (nSPS) is 17.7. The molecule has 1 amide bonds. The van der Waals surface area contributed by atoms with Gasteiger partial charge in [0.15, 0.2) is 0 Å². The molecule has 0 bridgehead atoms. The van der Waals surface area contributed by atoms with E-state index < -0.39 is 23.7 Å². The van der Waals surface area contributed by atoms with Crippen molar-refractivity contribution in [1.82, 2.24) is 0 Å². The Labute approximate surface area is 131 Å². The molecule has 1 aliphatic heterocycles. The van der Waals surface area contributed by atoms with E-state index in [1.807, 2.05) is 12.1 Å². The number of aryl methyl sites for hydroxylation is 1. The molecule has 0 saturated heterocycles. The minimum absolute atomic E-state index is 0.0454. The number of hydrogen-bond donors (Lipinski definition) is 1. The molecule has 0 spiro atoms. The predicted molar refractivity (Wildman–Crippen MR) is 81.3 cm³/mol. The topological polar surface area (TPSA) is 46.3 Å². The van der Waals surface area contributed by atoms with Crippen LogP contribution in [0.1, 0.15) is 17.5 Å². The summed E-state index contributed by atoms with van der Waals surface area (Å²) in [6.45, 7) is 0. The molecule has 120 valence electrons. The lowest BCUT2D eigenvalue weighted by Gasteiger charge is -2.38. The second-order valence-corrected chi connectivity index (χ2v) is 5.47. The van der Waals surface area contributed by atoms with Crippen LogP contribution in [0.5, 0.6) is 0 Å². The zero-order valence-corrected chi connectivity index (χ0v) is 12.2. The molecule has 1 atom stereocenters. The lowest BCUT2D eigenvalue weighted by Crippen LogP contribution is -2.45. The Hall–Kier alpha value is -2.50. The van der Waals surface area contributed by atoms with Gasteiger partial charge in [0.25, 0.3) is 0 Å². The fourth-order valence-corrected chi connectivity index (χ4v) is 3.04. The number of nitrogens with two attached hydrogens (primary N) is 1. The van der Waals surface area contributed by atoms with Gasteiger partial charge in [-0.1, -0.05) is 30.3 Å². The molecule has 3 rings (SSSR count). The molecule has 1 aliphatic rings. The molecule has 1 heterocycles. The van der Waals surface area contributed by atoms with Gasteiger partial charge in [0.05, 0.1) is 11.3 Å². The standard InChI is InChI=1S/C17H15F3N2O/c18-17(19,20)12-6-2-4-8-14(12)22-13-7-3-1-5-11(13)9-10-15(22)16(21)23/h1-8,15H,9-10H2,(H2,21,23). The fourth-order valence-electron chi connectivity index (χ4n) is 3.04. The second kappa shape index (κ2) is 5.61. The highest BCUT2D eigenvalue weighted by Crippen LogP contribution is 2.43. The minimum Gasteiger partial charge on any atom is -0.368 e. The summed E-state index contributed by atoms with van der Waals surface area (Å²) in [5, 5.41) is 0. The highest BCUT2D eigenvalue weighted by molar-refractivity contribution is 5.89. The van der Waals surface area contributed by atoms with Crippen LogP contribution in [0.15, 0.2) is 48.5 Å². The molecular weight excluding hydrogens is 305 g/mol. The maximum Gasteiger partial charge on any atom is 0.418 e. The molecule has 0 radical (unpaired) electrons. The van der Waals surface area contributed by atoms with E-state index in [2.05, 4.69) is 0 Å². The van der Waals surface area contributed by atoms with Crippen LogP contribution in [0.4, 0.5) is 24.5 Å². The van der Waals surface area contributed by atoms with Crippen molar-refractivity contribution >= 4 is 17.3 Å². The van der Waals surface area contributed by atoms with Crippen molar-refractivity contribution in [1.29, 1.82) is 0 Å². The van der Waals surface area contributed by atoms with Crippen molar-refractivity contribution in [3.05, 3.63) is 59.7 Å². The van der Waals surface area contributed by atoms with E-state index in [0.29, 0.717) is 18.5 Å². The molecular formula is C17H15F3N2O. The van der Waals surface area contributed by atoms with Gasteiger partial charge in [0.2, 0.25) is 5.91 Å². The third kappa shape index (κ3) is 2.76. The first-order chi connectivity index (χ1) is 10.9. The Bertz CT molecular complexity index is 743. The SMILES string of the molecule is NC(=O)C1CCc2ccccc2N1c1ccccc1C(F)(F)F. The van der Waals surface area contributed by atoms with Gasteiger partial charge in [-0.2, -0.15) is 13.2 Å². The number of amides is 1. The van der Waals surface area contributed by atoms with Gasteiger partial charge < -0.3 is 10.6 Å². The largest absolute Gasteiger partial charge is 0.418 e. The van der Waals surface area contributed by atoms with E-state index in [4.69, 9.17) is 5.73 Å². The Morgan fingerprint density at radius 1 is 1.04 bits per heavy atom. The summed E-state index contributed by atoms with van der Waals surface area (Å²) in [6, 6.07) is 11.6. The van der Waals surface area contributed by atoms with Crippen LogP contribution in [0.25, 0.3) is 0 Å². The number of carbonyl (C=O) groups excluding carboxylic acids is 1. The number of nitrogens with zero attached hydrogens (tertiary/aromatic N) is 1. The number of rotatable bonds is 2. The Morgan fingerprint density at radius 2 is 1.65 bits per heavy atom. The van der Waals surface area contributed by atoms with E-state index in [-0.39, 0.29) is 5.69 Å². The number of anilines is 2. The van der Waals surface area contributed by atoms with Gasteiger partial charge in [-0.15, -0.1) is 0 Å². The quantitative estimate of drug-likeness (QED) is 0.918. The number of para-hydroxylation sites is 2. The number of hydrogen-bond acceptors (Lipinski definition) is 2.